The summed E-state index contributed by atoms with van der Waals surface area (Å²) in [4.78, 5) is 9.01. The predicted octanol–water partition coefficient (Wildman–Crippen LogP) is 4.06. The van der Waals surface area contributed by atoms with Gasteiger partial charge in [-0.05, 0) is 37.1 Å². The number of aromatic nitrogens is 2. The molecule has 0 fully saturated rings. The van der Waals surface area contributed by atoms with Crippen LogP contribution in [0.5, 0.6) is 0 Å². The van der Waals surface area contributed by atoms with Crippen LogP contribution in [0.4, 0.5) is 0 Å². The van der Waals surface area contributed by atoms with Gasteiger partial charge in [-0.15, -0.1) is 11.3 Å². The van der Waals surface area contributed by atoms with Crippen molar-refractivity contribution in [2.24, 2.45) is 5.73 Å². The fourth-order valence-corrected chi connectivity index (χ4v) is 3.42. The van der Waals surface area contributed by atoms with Crippen LogP contribution < -0.4 is 5.73 Å². The second-order valence-corrected chi connectivity index (χ2v) is 6.45. The van der Waals surface area contributed by atoms with Crippen molar-refractivity contribution >= 4 is 11.3 Å². The van der Waals surface area contributed by atoms with Crippen LogP contribution in [-0.2, 0) is 6.42 Å². The summed E-state index contributed by atoms with van der Waals surface area (Å²) >= 11 is 1.65. The van der Waals surface area contributed by atoms with Gasteiger partial charge in [0.05, 0.1) is 16.4 Å². The first-order chi connectivity index (χ1) is 10.6. The molecule has 0 aliphatic heterocycles. The van der Waals surface area contributed by atoms with Crippen molar-refractivity contribution in [2.45, 2.75) is 26.3 Å². The van der Waals surface area contributed by atoms with Gasteiger partial charge in [-0.2, -0.15) is 0 Å². The lowest BCUT2D eigenvalue weighted by molar-refractivity contribution is 0.713. The minimum absolute atomic E-state index is 0.0247. The molecule has 4 heteroatoms. The second kappa shape index (κ2) is 6.38. The molecule has 0 aliphatic carbocycles. The molecule has 2 N–H and O–H groups in total. The zero-order valence-electron chi connectivity index (χ0n) is 12.8. The van der Waals surface area contributed by atoms with Crippen LogP contribution in [0.2, 0.25) is 0 Å². The maximum Gasteiger partial charge on any atom is 0.0998 e. The number of pyridine rings is 1. The summed E-state index contributed by atoms with van der Waals surface area (Å²) in [5.74, 6) is 0. The topological polar surface area (TPSA) is 51.8 Å². The summed E-state index contributed by atoms with van der Waals surface area (Å²) in [6, 6.07) is 12.3. The van der Waals surface area contributed by atoms with Gasteiger partial charge in [-0.1, -0.05) is 29.8 Å². The van der Waals surface area contributed by atoms with E-state index in [9.17, 15) is 0 Å². The molecule has 0 bridgehead atoms. The molecule has 0 spiro atoms. The standard InChI is InChI=1S/C18H19N3S/c1-12-6-7-14(13(2)9-12)15(19)10-18-21-17(11-22-18)16-5-3-4-8-20-16/h3-9,11,15H,10,19H2,1-2H3. The Morgan fingerprint density at radius 2 is 2.00 bits per heavy atom. The molecule has 0 saturated carbocycles. The summed E-state index contributed by atoms with van der Waals surface area (Å²) < 4.78 is 0. The molecule has 2 heterocycles. The van der Waals surface area contributed by atoms with E-state index in [0.717, 1.165) is 22.8 Å². The van der Waals surface area contributed by atoms with Gasteiger partial charge >= 0.3 is 0 Å². The minimum Gasteiger partial charge on any atom is -0.324 e. The molecule has 0 aliphatic rings. The van der Waals surface area contributed by atoms with Crippen molar-refractivity contribution in [1.29, 1.82) is 0 Å². The number of thiazole rings is 1. The first kappa shape index (κ1) is 14.9. The normalized spacial score (nSPS) is 12.3. The van der Waals surface area contributed by atoms with Crippen molar-refractivity contribution < 1.29 is 0 Å². The number of hydrogen-bond acceptors (Lipinski definition) is 4. The third-order valence-corrected chi connectivity index (χ3v) is 4.57. The summed E-state index contributed by atoms with van der Waals surface area (Å²) in [6.45, 7) is 4.21. The molecule has 0 saturated heterocycles. The number of aryl methyl sites for hydroxylation is 2. The van der Waals surface area contributed by atoms with Gasteiger partial charge in [-0.3, -0.25) is 4.98 Å². The summed E-state index contributed by atoms with van der Waals surface area (Å²) in [7, 11) is 0. The number of nitrogens with zero attached hydrogens (tertiary/aromatic N) is 2. The van der Waals surface area contributed by atoms with E-state index in [2.05, 4.69) is 42.0 Å². The number of benzene rings is 1. The average Bonchev–Trinajstić information content (AvgIpc) is 2.96. The van der Waals surface area contributed by atoms with E-state index in [-0.39, 0.29) is 6.04 Å². The van der Waals surface area contributed by atoms with Crippen molar-refractivity contribution in [3.8, 4) is 11.4 Å². The third kappa shape index (κ3) is 3.24. The van der Waals surface area contributed by atoms with Gasteiger partial charge in [0.15, 0.2) is 0 Å². The molecule has 1 atom stereocenters. The molecule has 0 amide bonds. The van der Waals surface area contributed by atoms with Gasteiger partial charge in [0.25, 0.3) is 0 Å². The van der Waals surface area contributed by atoms with Crippen molar-refractivity contribution in [3.63, 3.8) is 0 Å². The van der Waals surface area contributed by atoms with E-state index >= 15 is 0 Å². The van der Waals surface area contributed by atoms with Gasteiger partial charge in [0, 0.05) is 24.0 Å². The monoisotopic (exact) mass is 309 g/mol. The first-order valence-corrected chi connectivity index (χ1v) is 8.20. The summed E-state index contributed by atoms with van der Waals surface area (Å²) in [5, 5.41) is 3.10. The van der Waals surface area contributed by atoms with Gasteiger partial charge < -0.3 is 5.73 Å². The SMILES string of the molecule is Cc1ccc(C(N)Cc2nc(-c3ccccn3)cs2)c(C)c1. The average molecular weight is 309 g/mol. The molecular weight excluding hydrogens is 290 g/mol. The highest BCUT2D eigenvalue weighted by molar-refractivity contribution is 7.09. The van der Waals surface area contributed by atoms with E-state index in [1.807, 2.05) is 23.6 Å². The van der Waals surface area contributed by atoms with Crippen LogP contribution in [0.1, 0.15) is 27.7 Å². The van der Waals surface area contributed by atoms with Gasteiger partial charge in [0.1, 0.15) is 0 Å². The Labute approximate surface area is 134 Å². The quantitative estimate of drug-likeness (QED) is 0.790. The molecule has 1 aromatic carbocycles. The summed E-state index contributed by atoms with van der Waals surface area (Å²) in [5.41, 5.74) is 11.9. The van der Waals surface area contributed by atoms with E-state index < -0.39 is 0 Å². The maximum atomic E-state index is 6.38. The Hall–Kier alpha value is -2.04. The molecule has 3 rings (SSSR count). The Balaban J connectivity index is 1.77. The largest absolute Gasteiger partial charge is 0.324 e. The third-order valence-electron chi connectivity index (χ3n) is 3.70. The molecule has 0 radical (unpaired) electrons. The molecular formula is C18H19N3S. The molecule has 112 valence electrons. The smallest absolute Gasteiger partial charge is 0.0998 e. The molecule has 1 unspecified atom stereocenters. The van der Waals surface area contributed by atoms with Crippen LogP contribution in [-0.4, -0.2) is 9.97 Å². The van der Waals surface area contributed by atoms with Crippen molar-refractivity contribution in [3.05, 3.63) is 69.7 Å². The predicted molar refractivity (Wildman–Crippen MR) is 91.9 cm³/mol. The van der Waals surface area contributed by atoms with Gasteiger partial charge in [0.2, 0.25) is 0 Å². The highest BCUT2D eigenvalue weighted by Crippen LogP contribution is 2.25. The second-order valence-electron chi connectivity index (χ2n) is 5.51. The Morgan fingerprint density at radius 3 is 2.73 bits per heavy atom. The zero-order valence-corrected chi connectivity index (χ0v) is 13.6. The lowest BCUT2D eigenvalue weighted by Crippen LogP contribution is -2.14. The van der Waals surface area contributed by atoms with Crippen LogP contribution >= 0.6 is 11.3 Å². The fraction of sp³-hybridized carbons (Fsp3) is 0.222. The Morgan fingerprint density at radius 1 is 1.14 bits per heavy atom. The fourth-order valence-electron chi connectivity index (χ4n) is 2.58. The van der Waals surface area contributed by atoms with Crippen LogP contribution in [0.25, 0.3) is 11.4 Å². The van der Waals surface area contributed by atoms with E-state index in [4.69, 9.17) is 5.73 Å². The molecule has 3 nitrogen and oxygen atoms in total. The molecule has 3 aromatic rings. The lowest BCUT2D eigenvalue weighted by atomic mass is 9.98. The lowest BCUT2D eigenvalue weighted by Gasteiger charge is -2.14. The van der Waals surface area contributed by atoms with Gasteiger partial charge in [-0.25, -0.2) is 4.98 Å². The number of rotatable bonds is 4. The zero-order chi connectivity index (χ0) is 15.5. The van der Waals surface area contributed by atoms with E-state index in [0.29, 0.717) is 0 Å². The van der Waals surface area contributed by atoms with E-state index in [1.54, 1.807) is 17.5 Å². The minimum atomic E-state index is -0.0247. The maximum absolute atomic E-state index is 6.38. The van der Waals surface area contributed by atoms with Crippen LogP contribution in [0, 0.1) is 13.8 Å². The van der Waals surface area contributed by atoms with E-state index in [1.165, 1.54) is 16.7 Å². The number of nitrogens with two attached hydrogens (primary N) is 1. The Bertz CT molecular complexity index is 765. The molecule has 22 heavy (non-hydrogen) atoms. The van der Waals surface area contributed by atoms with Crippen LogP contribution in [0.15, 0.2) is 48.0 Å². The van der Waals surface area contributed by atoms with Crippen molar-refractivity contribution in [1.82, 2.24) is 9.97 Å². The van der Waals surface area contributed by atoms with Crippen molar-refractivity contribution in [2.75, 3.05) is 0 Å². The number of hydrogen-bond donors (Lipinski definition) is 1. The highest BCUT2D eigenvalue weighted by atomic mass is 32.1. The first-order valence-electron chi connectivity index (χ1n) is 7.32. The molecule has 2 aromatic heterocycles. The summed E-state index contributed by atoms with van der Waals surface area (Å²) in [6.07, 6.45) is 2.54. The Kier molecular flexibility index (Phi) is 4.32. The highest BCUT2D eigenvalue weighted by Gasteiger charge is 2.13. The van der Waals surface area contributed by atoms with Crippen LogP contribution in [0.3, 0.4) is 0 Å².